The highest BCUT2D eigenvalue weighted by molar-refractivity contribution is 7.90. The lowest BCUT2D eigenvalue weighted by molar-refractivity contribution is 0.0601. The van der Waals surface area contributed by atoms with Gasteiger partial charge in [0.15, 0.2) is 5.84 Å². The number of carbonyl (C=O) groups is 1. The molecule has 25 heavy (non-hydrogen) atoms. The monoisotopic (exact) mass is 376 g/mol. The van der Waals surface area contributed by atoms with Crippen molar-refractivity contribution in [2.75, 3.05) is 12.4 Å². The van der Waals surface area contributed by atoms with Crippen molar-refractivity contribution in [2.24, 2.45) is 4.40 Å². The van der Waals surface area contributed by atoms with Crippen LogP contribution in [0.2, 0.25) is 0 Å². The van der Waals surface area contributed by atoms with Crippen LogP contribution >= 0.6 is 11.3 Å². The second kappa shape index (κ2) is 5.96. The lowest BCUT2D eigenvalue weighted by Crippen LogP contribution is -2.14. The molecule has 6 nitrogen and oxygen atoms in total. The van der Waals surface area contributed by atoms with Crippen LogP contribution in [0.1, 0.15) is 39.2 Å². The number of fused-ring (bicyclic) bond motifs is 2. The maximum absolute atomic E-state index is 12.3. The molecule has 0 spiro atoms. The van der Waals surface area contributed by atoms with E-state index in [1.165, 1.54) is 24.5 Å². The number of methoxy groups -OCH3 is 1. The van der Waals surface area contributed by atoms with Crippen LogP contribution in [-0.2, 0) is 27.6 Å². The molecule has 0 radical (unpaired) electrons. The fourth-order valence-electron chi connectivity index (χ4n) is 3.28. The molecular formula is C17H16N2O4S2. The molecule has 130 valence electrons. The summed E-state index contributed by atoms with van der Waals surface area (Å²) in [5.41, 5.74) is 2.04. The summed E-state index contributed by atoms with van der Waals surface area (Å²) < 4.78 is 33.2. The van der Waals surface area contributed by atoms with Crippen molar-refractivity contribution >= 4 is 38.2 Å². The van der Waals surface area contributed by atoms with Gasteiger partial charge in [0, 0.05) is 10.4 Å². The number of hydrogen-bond donors (Lipinski definition) is 1. The van der Waals surface area contributed by atoms with E-state index in [0.29, 0.717) is 16.1 Å². The van der Waals surface area contributed by atoms with E-state index in [0.717, 1.165) is 36.1 Å². The lowest BCUT2D eigenvalue weighted by Gasteiger charge is -2.12. The minimum absolute atomic E-state index is 0.179. The number of hydrogen-bond acceptors (Lipinski definition) is 6. The Morgan fingerprint density at radius 2 is 2.00 bits per heavy atom. The van der Waals surface area contributed by atoms with E-state index in [4.69, 9.17) is 4.74 Å². The number of nitrogens with one attached hydrogen (secondary N) is 1. The fraction of sp³-hybridized carbons (Fsp3) is 0.294. The molecule has 1 aromatic heterocycles. The fourth-order valence-corrected chi connectivity index (χ4v) is 5.73. The number of benzene rings is 1. The number of aryl methyl sites for hydroxylation is 1. The van der Waals surface area contributed by atoms with Crippen LogP contribution in [0.5, 0.6) is 0 Å². The van der Waals surface area contributed by atoms with E-state index in [9.17, 15) is 13.2 Å². The Labute approximate surface area is 149 Å². The van der Waals surface area contributed by atoms with Gasteiger partial charge < -0.3 is 10.1 Å². The van der Waals surface area contributed by atoms with Crippen LogP contribution in [0.15, 0.2) is 33.6 Å². The van der Waals surface area contributed by atoms with Gasteiger partial charge in [0.2, 0.25) is 0 Å². The van der Waals surface area contributed by atoms with Gasteiger partial charge in [-0.15, -0.1) is 15.7 Å². The smallest absolute Gasteiger partial charge is 0.341 e. The molecule has 4 rings (SSSR count). The molecule has 8 heteroatoms. The number of thiophene rings is 1. The van der Waals surface area contributed by atoms with Crippen LogP contribution in [0.4, 0.5) is 5.00 Å². The number of ether oxygens (including phenoxy) is 1. The average molecular weight is 376 g/mol. The van der Waals surface area contributed by atoms with Crippen molar-refractivity contribution in [3.05, 3.63) is 45.8 Å². The Bertz CT molecular complexity index is 1010. The molecule has 0 saturated carbocycles. The molecule has 1 N–H and O–H groups in total. The largest absolute Gasteiger partial charge is 0.465 e. The number of sulfonamides is 1. The van der Waals surface area contributed by atoms with Gasteiger partial charge in [0.1, 0.15) is 9.90 Å². The summed E-state index contributed by atoms with van der Waals surface area (Å²) in [6.45, 7) is 0. The van der Waals surface area contributed by atoms with E-state index in [-0.39, 0.29) is 10.7 Å². The van der Waals surface area contributed by atoms with Crippen molar-refractivity contribution < 1.29 is 17.9 Å². The number of carbonyl (C=O) groups excluding carboxylic acids is 1. The van der Waals surface area contributed by atoms with Crippen molar-refractivity contribution in [1.82, 2.24) is 0 Å². The third-order valence-electron chi connectivity index (χ3n) is 4.42. The van der Waals surface area contributed by atoms with Gasteiger partial charge in [-0.2, -0.15) is 8.42 Å². The van der Waals surface area contributed by atoms with E-state index in [2.05, 4.69) is 9.71 Å². The van der Waals surface area contributed by atoms with Crippen LogP contribution in [0.25, 0.3) is 0 Å². The summed E-state index contributed by atoms with van der Waals surface area (Å²) >= 11 is 1.48. The molecule has 0 amide bonds. The third-order valence-corrected chi connectivity index (χ3v) is 6.97. The maximum atomic E-state index is 12.3. The molecular weight excluding hydrogens is 360 g/mol. The summed E-state index contributed by atoms with van der Waals surface area (Å²) in [4.78, 5) is 13.6. The number of amidine groups is 1. The predicted octanol–water partition coefficient (Wildman–Crippen LogP) is 2.97. The van der Waals surface area contributed by atoms with Crippen molar-refractivity contribution in [3.8, 4) is 0 Å². The Morgan fingerprint density at radius 3 is 2.80 bits per heavy atom. The van der Waals surface area contributed by atoms with Crippen LogP contribution < -0.4 is 5.32 Å². The Morgan fingerprint density at radius 1 is 1.24 bits per heavy atom. The van der Waals surface area contributed by atoms with E-state index >= 15 is 0 Å². The normalized spacial score (nSPS) is 17.4. The first-order valence-corrected chi connectivity index (χ1v) is 10.2. The van der Waals surface area contributed by atoms with E-state index in [1.54, 1.807) is 18.2 Å². The molecule has 0 unspecified atom stereocenters. The van der Waals surface area contributed by atoms with Gasteiger partial charge in [-0.3, -0.25) is 0 Å². The molecule has 1 aliphatic carbocycles. The van der Waals surface area contributed by atoms with Gasteiger partial charge in [-0.1, -0.05) is 12.1 Å². The molecule has 0 atom stereocenters. The van der Waals surface area contributed by atoms with Crippen LogP contribution in [0, 0.1) is 0 Å². The second-order valence-electron chi connectivity index (χ2n) is 5.94. The zero-order valence-electron chi connectivity index (χ0n) is 13.5. The van der Waals surface area contributed by atoms with Gasteiger partial charge in [-0.05, 0) is 43.4 Å². The minimum Gasteiger partial charge on any atom is -0.465 e. The third kappa shape index (κ3) is 2.65. The summed E-state index contributed by atoms with van der Waals surface area (Å²) in [5, 5.41) is 3.68. The molecule has 1 aromatic carbocycles. The summed E-state index contributed by atoms with van der Waals surface area (Å²) in [6.07, 6.45) is 3.88. The van der Waals surface area contributed by atoms with E-state index < -0.39 is 16.0 Å². The molecule has 0 fully saturated rings. The average Bonchev–Trinajstić information content (AvgIpc) is 3.10. The highest BCUT2D eigenvalue weighted by Gasteiger charge is 2.31. The van der Waals surface area contributed by atoms with Gasteiger partial charge in [-0.25, -0.2) is 4.79 Å². The van der Waals surface area contributed by atoms with Gasteiger partial charge >= 0.3 is 5.97 Å². The Hall–Kier alpha value is -2.19. The molecule has 0 bridgehead atoms. The van der Waals surface area contributed by atoms with Gasteiger partial charge in [0.05, 0.1) is 12.7 Å². The Kier molecular flexibility index (Phi) is 3.88. The molecule has 2 aromatic rings. The minimum atomic E-state index is -3.70. The molecule has 1 aliphatic heterocycles. The maximum Gasteiger partial charge on any atom is 0.341 e. The summed E-state index contributed by atoms with van der Waals surface area (Å²) in [7, 11) is -2.35. The first-order valence-electron chi connectivity index (χ1n) is 7.95. The lowest BCUT2D eigenvalue weighted by atomic mass is 9.95. The number of nitrogens with zero attached hydrogens (tertiary/aromatic N) is 1. The zero-order chi connectivity index (χ0) is 17.6. The first-order chi connectivity index (χ1) is 12.0. The SMILES string of the molecule is COC(=O)c1c(NC2=NS(=O)(=O)c3ccccc32)sc2c1CCCC2. The van der Waals surface area contributed by atoms with Crippen LogP contribution in [-0.4, -0.2) is 27.3 Å². The second-order valence-corrected chi connectivity index (χ2v) is 8.62. The van der Waals surface area contributed by atoms with Crippen molar-refractivity contribution in [3.63, 3.8) is 0 Å². The van der Waals surface area contributed by atoms with Crippen molar-refractivity contribution in [1.29, 1.82) is 0 Å². The highest BCUT2D eigenvalue weighted by Crippen LogP contribution is 2.39. The van der Waals surface area contributed by atoms with Crippen molar-refractivity contribution in [2.45, 2.75) is 30.6 Å². The quantitative estimate of drug-likeness (QED) is 0.815. The summed E-state index contributed by atoms with van der Waals surface area (Å²) in [6, 6.07) is 6.66. The number of rotatable bonds is 2. The topological polar surface area (TPSA) is 84.8 Å². The number of anilines is 1. The summed E-state index contributed by atoms with van der Waals surface area (Å²) in [5.74, 6) is -0.156. The number of esters is 1. The van der Waals surface area contributed by atoms with E-state index in [1.807, 2.05) is 0 Å². The Balaban J connectivity index is 1.80. The standard InChI is InChI=1S/C17H16N2O4S2/c1-23-17(20)14-10-6-2-4-8-12(10)24-16(14)18-15-11-7-3-5-9-13(11)25(21,22)19-15/h3,5,7,9H,2,4,6,8H2,1H3,(H,18,19). The predicted molar refractivity (Wildman–Crippen MR) is 96.1 cm³/mol. The van der Waals surface area contributed by atoms with Gasteiger partial charge in [0.25, 0.3) is 10.0 Å². The highest BCUT2D eigenvalue weighted by atomic mass is 32.2. The van der Waals surface area contributed by atoms with Crippen LogP contribution in [0.3, 0.4) is 0 Å². The zero-order valence-corrected chi connectivity index (χ0v) is 15.2. The molecule has 2 aliphatic rings. The molecule has 0 saturated heterocycles. The first kappa shape index (κ1) is 16.3. The molecule has 2 heterocycles.